The van der Waals surface area contributed by atoms with Crippen molar-refractivity contribution in [1.29, 1.82) is 0 Å². The lowest BCUT2D eigenvalue weighted by Crippen LogP contribution is -2.54. The van der Waals surface area contributed by atoms with E-state index >= 15 is 0 Å². The van der Waals surface area contributed by atoms with Crippen LogP contribution in [0.5, 0.6) is 5.75 Å². The van der Waals surface area contributed by atoms with Gasteiger partial charge in [-0.3, -0.25) is 14.4 Å². The van der Waals surface area contributed by atoms with E-state index in [1.807, 2.05) is 0 Å². The molecule has 2 saturated carbocycles. The molecule has 1 spiro atoms. The van der Waals surface area contributed by atoms with Crippen LogP contribution in [0, 0.1) is 16.7 Å². The molecule has 1 aromatic rings. The molecule has 2 aliphatic carbocycles. The van der Waals surface area contributed by atoms with Crippen molar-refractivity contribution >= 4 is 29.4 Å². The van der Waals surface area contributed by atoms with Crippen LogP contribution in [0.25, 0.3) is 0 Å². The molecular formula is C29H40ClN5O5. The lowest BCUT2D eigenvalue weighted by Gasteiger charge is -2.47. The fourth-order valence-corrected chi connectivity index (χ4v) is 6.94. The van der Waals surface area contributed by atoms with E-state index in [4.69, 9.17) is 27.9 Å². The summed E-state index contributed by atoms with van der Waals surface area (Å²) in [6.07, 6.45) is 4.65. The van der Waals surface area contributed by atoms with Gasteiger partial charge in [-0.05, 0) is 69.1 Å². The summed E-state index contributed by atoms with van der Waals surface area (Å²) < 4.78 is 6.24. The molecule has 3 fully saturated rings. The number of carboxylic acid groups (broad SMARTS) is 1. The third-order valence-corrected chi connectivity index (χ3v) is 10.0. The number of likely N-dealkylation sites (tertiary alicyclic amines) is 1. The molecule has 1 aromatic carbocycles. The molecule has 1 unspecified atom stereocenters. The summed E-state index contributed by atoms with van der Waals surface area (Å²) in [5, 5.41) is 12.1. The summed E-state index contributed by atoms with van der Waals surface area (Å²) in [5.41, 5.74) is 7.66. The molecule has 0 aromatic heterocycles. The Kier molecular flexibility index (Phi) is 7.46. The number of nitrogens with zero attached hydrogens (tertiary/aromatic N) is 3. The summed E-state index contributed by atoms with van der Waals surface area (Å²) in [4.78, 5) is 43.8. The Morgan fingerprint density at radius 2 is 1.98 bits per heavy atom. The second kappa shape index (κ2) is 10.4. The number of carbonyl (C=O) groups is 3. The summed E-state index contributed by atoms with van der Waals surface area (Å²) in [6, 6.07) is 3.52. The van der Waals surface area contributed by atoms with Crippen molar-refractivity contribution in [2.24, 2.45) is 28.3 Å². The number of benzene rings is 1. The highest BCUT2D eigenvalue weighted by Crippen LogP contribution is 2.56. The van der Waals surface area contributed by atoms with Gasteiger partial charge in [0.05, 0.1) is 17.0 Å². The zero-order valence-electron chi connectivity index (χ0n) is 23.5. The van der Waals surface area contributed by atoms with E-state index in [-0.39, 0.29) is 23.8 Å². The number of carboxylic acids is 1. The lowest BCUT2D eigenvalue weighted by molar-refractivity contribution is -0.165. The zero-order chi connectivity index (χ0) is 29.0. The average Bonchev–Trinajstić information content (AvgIpc) is 3.60. The molecule has 40 heavy (non-hydrogen) atoms. The largest absolute Gasteiger partial charge is 0.487 e. The molecule has 2 heterocycles. The van der Waals surface area contributed by atoms with Crippen molar-refractivity contribution in [2.75, 3.05) is 26.7 Å². The molecule has 1 saturated heterocycles. The topological polar surface area (TPSA) is 142 Å². The molecule has 11 heteroatoms. The molecule has 218 valence electrons. The number of hydrazine groups is 1. The molecular weight excluding hydrogens is 534 g/mol. The number of fused-ring (bicyclic) bond motifs is 1. The van der Waals surface area contributed by atoms with Crippen molar-refractivity contribution < 1.29 is 24.2 Å². The number of carbonyl (C=O) groups excluding carboxylic acids is 2. The van der Waals surface area contributed by atoms with Crippen molar-refractivity contribution in [1.82, 2.24) is 14.8 Å². The van der Waals surface area contributed by atoms with Crippen LogP contribution in [0.1, 0.15) is 76.1 Å². The predicted octanol–water partition coefficient (Wildman–Crippen LogP) is 3.39. The van der Waals surface area contributed by atoms with E-state index < -0.39 is 23.5 Å². The SMILES string of the molecule is C/C(=C(/N)COc1ccc(Cl)c2c1C(N1CC3(CC3)CC1=O)N(C(=O)[C@@H]1CCCC[C@]1(C)C(=O)O)CC2)N(C)N. The number of allylic oxidation sites excluding steroid dienone is 1. The third-order valence-electron chi connectivity index (χ3n) is 9.68. The fraction of sp³-hybridized carbons (Fsp3) is 0.621. The molecule has 2 amide bonds. The first-order valence-electron chi connectivity index (χ1n) is 14.1. The third kappa shape index (κ3) is 4.89. The minimum atomic E-state index is -1.16. The van der Waals surface area contributed by atoms with Crippen LogP contribution >= 0.6 is 11.6 Å². The number of halogens is 1. The molecule has 5 N–H and O–H groups in total. The van der Waals surface area contributed by atoms with Gasteiger partial charge in [-0.15, -0.1) is 0 Å². The maximum absolute atomic E-state index is 14.4. The molecule has 3 atom stereocenters. The Bertz CT molecular complexity index is 1260. The first-order valence-corrected chi connectivity index (χ1v) is 14.5. The van der Waals surface area contributed by atoms with Gasteiger partial charge in [0, 0.05) is 42.8 Å². The lowest BCUT2D eigenvalue weighted by atomic mass is 9.66. The number of amides is 2. The molecule has 0 radical (unpaired) electrons. The van der Waals surface area contributed by atoms with Gasteiger partial charge >= 0.3 is 5.97 Å². The fourth-order valence-electron chi connectivity index (χ4n) is 6.68. The second-order valence-electron chi connectivity index (χ2n) is 12.3. The van der Waals surface area contributed by atoms with Crippen molar-refractivity contribution in [3.63, 3.8) is 0 Å². The second-order valence-corrected chi connectivity index (χ2v) is 12.7. The van der Waals surface area contributed by atoms with Gasteiger partial charge in [-0.25, -0.2) is 5.84 Å². The number of ether oxygens (including phenoxy) is 1. The van der Waals surface area contributed by atoms with Crippen LogP contribution in [-0.2, 0) is 20.8 Å². The van der Waals surface area contributed by atoms with Crippen LogP contribution in [0.3, 0.4) is 0 Å². The number of aliphatic carboxylic acids is 1. The van der Waals surface area contributed by atoms with Crippen LogP contribution in [0.4, 0.5) is 0 Å². The molecule has 2 aliphatic heterocycles. The molecule has 10 nitrogen and oxygen atoms in total. The highest BCUT2D eigenvalue weighted by Gasteiger charge is 2.56. The van der Waals surface area contributed by atoms with Gasteiger partial charge in [-0.2, -0.15) is 0 Å². The van der Waals surface area contributed by atoms with E-state index in [1.54, 1.807) is 42.8 Å². The monoisotopic (exact) mass is 573 g/mol. The Morgan fingerprint density at radius 3 is 2.60 bits per heavy atom. The molecule has 4 aliphatic rings. The zero-order valence-corrected chi connectivity index (χ0v) is 24.3. The number of hydrogen-bond donors (Lipinski definition) is 3. The minimum Gasteiger partial charge on any atom is -0.487 e. The van der Waals surface area contributed by atoms with Crippen LogP contribution < -0.4 is 16.3 Å². The minimum absolute atomic E-state index is 0.0104. The van der Waals surface area contributed by atoms with Crippen molar-refractivity contribution in [3.8, 4) is 5.75 Å². The maximum atomic E-state index is 14.4. The van der Waals surface area contributed by atoms with Gasteiger partial charge in [0.15, 0.2) is 0 Å². The average molecular weight is 574 g/mol. The number of nitrogens with two attached hydrogens (primary N) is 2. The van der Waals surface area contributed by atoms with Crippen LogP contribution in [-0.4, -0.2) is 64.4 Å². The summed E-state index contributed by atoms with van der Waals surface area (Å²) >= 11 is 6.71. The van der Waals surface area contributed by atoms with Gasteiger partial charge < -0.3 is 30.4 Å². The Morgan fingerprint density at radius 1 is 1.25 bits per heavy atom. The van der Waals surface area contributed by atoms with Crippen LogP contribution in [0.2, 0.25) is 5.02 Å². The normalized spacial score (nSPS) is 27.8. The van der Waals surface area contributed by atoms with Crippen LogP contribution in [0.15, 0.2) is 23.5 Å². The van der Waals surface area contributed by atoms with Gasteiger partial charge in [-0.1, -0.05) is 24.4 Å². The summed E-state index contributed by atoms with van der Waals surface area (Å²) in [7, 11) is 1.69. The van der Waals surface area contributed by atoms with Gasteiger partial charge in [0.1, 0.15) is 18.5 Å². The predicted molar refractivity (Wildman–Crippen MR) is 150 cm³/mol. The van der Waals surface area contributed by atoms with E-state index in [1.165, 1.54) is 5.01 Å². The summed E-state index contributed by atoms with van der Waals surface area (Å²) in [6.45, 7) is 4.41. The van der Waals surface area contributed by atoms with Gasteiger partial charge in [0.2, 0.25) is 11.8 Å². The standard InChI is InChI=1S/C29H40ClN5O5/c1-17(33(3)32)21(31)15-40-22-8-7-20(30)18-9-13-34(26(37)19-6-4-5-10-28(19,2)27(38)39)25(24(18)22)35-16-29(11-12-29)14-23(35)36/h7-8,19,25H,4-6,9-16,31-32H2,1-3H3,(H,38,39)/b21-17-/t19-,25?,28-/m0/s1. The van der Waals surface area contributed by atoms with E-state index in [9.17, 15) is 19.5 Å². The smallest absolute Gasteiger partial charge is 0.310 e. The Labute approximate surface area is 240 Å². The first-order chi connectivity index (χ1) is 18.9. The van der Waals surface area contributed by atoms with Crippen molar-refractivity contribution in [2.45, 2.75) is 71.4 Å². The van der Waals surface area contributed by atoms with E-state index in [0.29, 0.717) is 66.5 Å². The number of rotatable bonds is 7. The number of hydrogen-bond acceptors (Lipinski definition) is 7. The molecule has 5 rings (SSSR count). The highest BCUT2D eigenvalue weighted by molar-refractivity contribution is 6.31. The molecule has 0 bridgehead atoms. The Balaban J connectivity index is 1.58. The Hall–Kier alpha value is -2.98. The first kappa shape index (κ1) is 28.5. The van der Waals surface area contributed by atoms with E-state index in [0.717, 1.165) is 31.2 Å². The van der Waals surface area contributed by atoms with Crippen molar-refractivity contribution in [3.05, 3.63) is 39.7 Å². The summed E-state index contributed by atoms with van der Waals surface area (Å²) in [5.74, 6) is 4.47. The van der Waals surface area contributed by atoms with Gasteiger partial charge in [0.25, 0.3) is 0 Å². The van der Waals surface area contributed by atoms with E-state index in [2.05, 4.69) is 0 Å². The quantitative estimate of drug-likeness (QED) is 0.333. The highest BCUT2D eigenvalue weighted by atomic mass is 35.5. The maximum Gasteiger partial charge on any atom is 0.310 e.